The van der Waals surface area contributed by atoms with Crippen LogP contribution in [0.4, 0.5) is 0 Å². The topological polar surface area (TPSA) is 50.2 Å². The molecule has 3 rings (SSSR count). The van der Waals surface area contributed by atoms with E-state index in [1.165, 1.54) is 11.3 Å². The van der Waals surface area contributed by atoms with E-state index in [0.29, 0.717) is 16.9 Å². The minimum absolute atomic E-state index is 0.0167. The highest BCUT2D eigenvalue weighted by Gasteiger charge is 2.42. The average Bonchev–Trinajstić information content (AvgIpc) is 3.21. The van der Waals surface area contributed by atoms with E-state index in [2.05, 4.69) is 4.98 Å². The molecular formula is C22H23NO2S2. The number of aliphatic hydroxyl groups is 1. The van der Waals surface area contributed by atoms with Crippen molar-refractivity contribution in [1.82, 2.24) is 4.98 Å². The van der Waals surface area contributed by atoms with Gasteiger partial charge in [0.2, 0.25) is 0 Å². The largest absolute Gasteiger partial charge is 0.383 e. The van der Waals surface area contributed by atoms with Gasteiger partial charge in [-0.05, 0) is 29.7 Å². The van der Waals surface area contributed by atoms with Gasteiger partial charge in [-0.1, -0.05) is 51.1 Å². The molecule has 1 N–H and O–H groups in total. The number of ketones is 1. The molecule has 3 nitrogen and oxygen atoms in total. The third-order valence-electron chi connectivity index (χ3n) is 4.68. The normalized spacial score (nSPS) is 13.9. The Kier molecular flexibility index (Phi) is 5.84. The summed E-state index contributed by atoms with van der Waals surface area (Å²) in [6.07, 6.45) is 1.75. The highest BCUT2D eigenvalue weighted by Crippen LogP contribution is 2.44. The first-order chi connectivity index (χ1) is 12.8. The molecule has 0 aliphatic rings. The van der Waals surface area contributed by atoms with Crippen molar-refractivity contribution < 1.29 is 9.90 Å². The van der Waals surface area contributed by atoms with Crippen molar-refractivity contribution in [2.75, 3.05) is 5.75 Å². The summed E-state index contributed by atoms with van der Waals surface area (Å²) in [6.45, 7) is 6.11. The van der Waals surface area contributed by atoms with Gasteiger partial charge in [0.1, 0.15) is 5.60 Å². The van der Waals surface area contributed by atoms with Gasteiger partial charge < -0.3 is 5.11 Å². The second kappa shape index (κ2) is 7.97. The number of carbonyl (C=O) groups is 1. The van der Waals surface area contributed by atoms with Crippen molar-refractivity contribution in [2.45, 2.75) is 31.3 Å². The molecule has 5 heteroatoms. The van der Waals surface area contributed by atoms with Crippen LogP contribution in [-0.2, 0) is 5.60 Å². The maximum atomic E-state index is 12.5. The number of hydrogen-bond acceptors (Lipinski definition) is 5. The van der Waals surface area contributed by atoms with Crippen LogP contribution in [0, 0.1) is 5.41 Å². The van der Waals surface area contributed by atoms with Gasteiger partial charge in [-0.2, -0.15) is 0 Å². The minimum Gasteiger partial charge on any atom is -0.383 e. The molecule has 3 aromatic rings. The second-order valence-electron chi connectivity index (χ2n) is 7.48. The number of nitrogens with zero attached hydrogens (tertiary/aromatic N) is 1. The van der Waals surface area contributed by atoms with Crippen LogP contribution in [0.25, 0.3) is 0 Å². The molecule has 0 fully saturated rings. The Bertz CT molecular complexity index is 884. The smallest absolute Gasteiger partial charge is 0.193 e. The zero-order chi connectivity index (χ0) is 19.5. The fourth-order valence-electron chi connectivity index (χ4n) is 2.72. The number of thiazole rings is 1. The Morgan fingerprint density at radius 2 is 1.67 bits per heavy atom. The van der Waals surface area contributed by atoms with Crippen molar-refractivity contribution in [3.63, 3.8) is 0 Å². The molecule has 0 aliphatic heterocycles. The molecule has 0 saturated heterocycles. The Morgan fingerprint density at radius 1 is 1.04 bits per heavy atom. The highest BCUT2D eigenvalue weighted by atomic mass is 32.2. The summed E-state index contributed by atoms with van der Waals surface area (Å²) in [5.74, 6) is 0.535. The van der Waals surface area contributed by atoms with E-state index in [9.17, 15) is 9.90 Å². The Morgan fingerprint density at radius 3 is 2.22 bits per heavy atom. The lowest BCUT2D eigenvalue weighted by molar-refractivity contribution is -0.0392. The van der Waals surface area contributed by atoms with Crippen molar-refractivity contribution in [3.05, 3.63) is 82.3 Å². The lowest BCUT2D eigenvalue weighted by Gasteiger charge is -2.39. The van der Waals surface area contributed by atoms with Crippen LogP contribution in [0.1, 0.15) is 41.6 Å². The summed E-state index contributed by atoms with van der Waals surface area (Å²) in [7, 11) is 0. The molecule has 0 spiro atoms. The Labute approximate surface area is 168 Å². The summed E-state index contributed by atoms with van der Waals surface area (Å²) >= 11 is 3.06. The standard InChI is InChI=1S/C22H23NO2S2/c1-21(2,3)22(25,19-13-23-15-27-19)14-26-18-11-9-17(10-12-18)20(24)16-7-5-4-6-8-16/h4-13,15,25H,14H2,1-3H3. The number of thioether (sulfide) groups is 1. The van der Waals surface area contributed by atoms with Gasteiger partial charge >= 0.3 is 0 Å². The van der Waals surface area contributed by atoms with Crippen molar-refractivity contribution in [3.8, 4) is 0 Å². The predicted molar refractivity (Wildman–Crippen MR) is 113 cm³/mol. The molecule has 2 aromatic carbocycles. The number of benzene rings is 2. The number of carbonyl (C=O) groups excluding carboxylic acids is 1. The van der Waals surface area contributed by atoms with Crippen LogP contribution < -0.4 is 0 Å². The average molecular weight is 398 g/mol. The molecule has 140 valence electrons. The van der Waals surface area contributed by atoms with Crippen molar-refractivity contribution in [1.29, 1.82) is 0 Å². The van der Waals surface area contributed by atoms with Crippen LogP contribution in [0.2, 0.25) is 0 Å². The van der Waals surface area contributed by atoms with Gasteiger partial charge in [-0.25, -0.2) is 0 Å². The summed E-state index contributed by atoms with van der Waals surface area (Å²) in [4.78, 5) is 18.5. The van der Waals surface area contributed by atoms with Crippen LogP contribution in [0.15, 0.2) is 71.2 Å². The van der Waals surface area contributed by atoms with Gasteiger partial charge in [-0.3, -0.25) is 9.78 Å². The van der Waals surface area contributed by atoms with Gasteiger partial charge in [0, 0.05) is 28.0 Å². The van der Waals surface area contributed by atoms with Crippen LogP contribution >= 0.6 is 23.1 Å². The molecular weight excluding hydrogens is 374 g/mol. The van der Waals surface area contributed by atoms with Gasteiger partial charge in [0.15, 0.2) is 5.78 Å². The Balaban J connectivity index is 1.74. The number of rotatable bonds is 6. The Hall–Kier alpha value is -1.95. The molecule has 1 heterocycles. The highest BCUT2D eigenvalue weighted by molar-refractivity contribution is 7.99. The third-order valence-corrected chi connectivity index (χ3v) is 6.77. The first kappa shape index (κ1) is 19.8. The van der Waals surface area contributed by atoms with Crippen LogP contribution in [-0.4, -0.2) is 21.6 Å². The summed E-state index contributed by atoms with van der Waals surface area (Å²) in [6, 6.07) is 16.9. The van der Waals surface area contributed by atoms with E-state index >= 15 is 0 Å². The zero-order valence-corrected chi connectivity index (χ0v) is 17.3. The molecule has 0 radical (unpaired) electrons. The lowest BCUT2D eigenvalue weighted by atomic mass is 9.77. The maximum absolute atomic E-state index is 12.5. The van der Waals surface area contributed by atoms with E-state index in [4.69, 9.17) is 0 Å². The zero-order valence-electron chi connectivity index (χ0n) is 15.7. The van der Waals surface area contributed by atoms with Crippen molar-refractivity contribution >= 4 is 28.9 Å². The van der Waals surface area contributed by atoms with E-state index in [0.717, 1.165) is 9.77 Å². The lowest BCUT2D eigenvalue weighted by Crippen LogP contribution is -2.41. The second-order valence-corrected chi connectivity index (χ2v) is 9.42. The molecule has 0 saturated carbocycles. The van der Waals surface area contributed by atoms with Gasteiger partial charge in [0.05, 0.1) is 10.4 Å². The summed E-state index contributed by atoms with van der Waals surface area (Å²) < 4.78 is 0. The predicted octanol–water partition coefficient (Wildman–Crippen LogP) is 5.40. The molecule has 1 aromatic heterocycles. The third kappa shape index (κ3) is 4.32. The summed E-state index contributed by atoms with van der Waals surface area (Å²) in [5, 5.41) is 11.4. The molecule has 1 atom stereocenters. The van der Waals surface area contributed by atoms with E-state index in [1.54, 1.807) is 23.5 Å². The molecule has 27 heavy (non-hydrogen) atoms. The van der Waals surface area contributed by atoms with Gasteiger partial charge in [0.25, 0.3) is 0 Å². The monoisotopic (exact) mass is 397 g/mol. The molecule has 0 amide bonds. The SMILES string of the molecule is CC(C)(C)C(O)(CSc1ccc(C(=O)c2ccccc2)cc1)c1cncs1. The van der Waals surface area contributed by atoms with E-state index in [1.807, 2.05) is 75.4 Å². The van der Waals surface area contributed by atoms with E-state index < -0.39 is 5.60 Å². The first-order valence-electron chi connectivity index (χ1n) is 8.75. The van der Waals surface area contributed by atoms with Crippen LogP contribution in [0.5, 0.6) is 0 Å². The number of hydrogen-bond donors (Lipinski definition) is 1. The first-order valence-corrected chi connectivity index (χ1v) is 10.6. The van der Waals surface area contributed by atoms with Gasteiger partial charge in [-0.15, -0.1) is 23.1 Å². The van der Waals surface area contributed by atoms with Crippen molar-refractivity contribution in [2.24, 2.45) is 5.41 Å². The summed E-state index contributed by atoms with van der Waals surface area (Å²) in [5.41, 5.74) is 1.80. The molecule has 0 bridgehead atoms. The quantitative estimate of drug-likeness (QED) is 0.447. The van der Waals surface area contributed by atoms with Crippen LogP contribution in [0.3, 0.4) is 0 Å². The fraction of sp³-hybridized carbons (Fsp3) is 0.273. The fourth-order valence-corrected chi connectivity index (χ4v) is 5.04. The molecule has 1 unspecified atom stereocenters. The number of aromatic nitrogens is 1. The van der Waals surface area contributed by atoms with E-state index in [-0.39, 0.29) is 11.2 Å². The molecule has 0 aliphatic carbocycles. The minimum atomic E-state index is -0.975. The maximum Gasteiger partial charge on any atom is 0.193 e.